The van der Waals surface area contributed by atoms with E-state index in [1.807, 2.05) is 31.2 Å². The largest absolute Gasteiger partial charge is 0.504 e. The number of phenols is 1. The Balaban J connectivity index is 1.15. The van der Waals surface area contributed by atoms with Crippen LogP contribution >= 0.6 is 22.9 Å². The van der Waals surface area contributed by atoms with Crippen LogP contribution in [0.2, 0.25) is 5.02 Å². The van der Waals surface area contributed by atoms with E-state index in [4.69, 9.17) is 21.4 Å². The van der Waals surface area contributed by atoms with E-state index in [1.165, 1.54) is 28.8 Å². The maximum absolute atomic E-state index is 15.1. The maximum atomic E-state index is 15.1. The molecule has 3 fully saturated rings. The number of rotatable bonds is 6. The van der Waals surface area contributed by atoms with Crippen molar-refractivity contribution in [2.75, 3.05) is 16.9 Å². The van der Waals surface area contributed by atoms with Crippen LogP contribution < -0.4 is 20.0 Å². The van der Waals surface area contributed by atoms with Crippen molar-refractivity contribution in [1.29, 1.82) is 0 Å². The summed E-state index contributed by atoms with van der Waals surface area (Å²) in [7, 11) is 1.33. The summed E-state index contributed by atoms with van der Waals surface area (Å²) in [6, 6.07) is 18.4. The molecule has 4 aliphatic rings. The van der Waals surface area contributed by atoms with Crippen molar-refractivity contribution in [3.05, 3.63) is 94.5 Å². The lowest BCUT2D eigenvalue weighted by Gasteiger charge is -2.49. The summed E-state index contributed by atoms with van der Waals surface area (Å²) in [6.45, 7) is 3.77. The number of imide groups is 2. The molecule has 6 atom stereocenters. The topological polar surface area (TPSA) is 162 Å². The SMILES string of the molecule is COc1ccc(C2C3=CCC4C(=O)N(c5cccc(B(O)O)c5)C(=O)C4C3CC3C(=O)N(c4cc(-c5sc6ccc(Cl)cc6c5C)nn4C)C(=O)C32C)cc1O. The molecule has 2 aliphatic heterocycles. The molecule has 15 heteroatoms. The lowest BCUT2D eigenvalue weighted by atomic mass is 9.51. The van der Waals surface area contributed by atoms with Gasteiger partial charge < -0.3 is 19.9 Å². The molecule has 0 bridgehead atoms. The van der Waals surface area contributed by atoms with Crippen LogP contribution in [0.1, 0.15) is 36.8 Å². The van der Waals surface area contributed by atoms with Crippen molar-refractivity contribution in [3.63, 3.8) is 0 Å². The molecule has 0 spiro atoms. The van der Waals surface area contributed by atoms with Crippen LogP contribution in [0.5, 0.6) is 11.5 Å². The van der Waals surface area contributed by atoms with E-state index in [2.05, 4.69) is 0 Å². The number of phenolic OH excluding ortho intramolecular Hbond substituents is 1. The Hall–Kier alpha value is -5.28. The zero-order chi connectivity index (χ0) is 39.5. The Kier molecular flexibility index (Phi) is 8.37. The molecule has 6 unspecified atom stereocenters. The molecule has 4 amide bonds. The lowest BCUT2D eigenvalue weighted by Crippen LogP contribution is -2.49. The minimum atomic E-state index is -1.80. The number of fused-ring (bicyclic) bond motifs is 5. The molecule has 2 aliphatic carbocycles. The average molecular weight is 791 g/mol. The number of methoxy groups -OCH3 is 1. The van der Waals surface area contributed by atoms with Gasteiger partial charge in [0.05, 0.1) is 40.8 Å². The first-order valence-corrected chi connectivity index (χ1v) is 19.5. The standard InChI is InChI=1S/C41H36BClN4O8S/c1-19-26-16-22(43)9-13-32(26)56-36(19)29-18-33(45(3)44-29)47-38(50)28-17-27-24(35(41(28,2)40(47)52)20-8-12-31(55-4)30(48)14-20)10-11-25-34(27)39(51)46(37(25)49)23-7-5-6-21(15-23)42(53)54/h5-10,12-16,18,25,27-28,34-35,48,53-54H,11,17H2,1-4H3. The third-order valence-electron chi connectivity index (χ3n) is 12.5. The first-order chi connectivity index (χ1) is 26.7. The Morgan fingerprint density at radius 3 is 2.48 bits per heavy atom. The highest BCUT2D eigenvalue weighted by Gasteiger charge is 2.68. The van der Waals surface area contributed by atoms with Gasteiger partial charge in [-0.05, 0) is 97.0 Å². The molecule has 3 N–H and O–H groups in total. The number of aryl methyl sites for hydroxylation is 2. The van der Waals surface area contributed by atoms with Gasteiger partial charge in [-0.2, -0.15) is 5.10 Å². The van der Waals surface area contributed by atoms with Crippen LogP contribution in [0.3, 0.4) is 0 Å². The van der Waals surface area contributed by atoms with E-state index in [0.717, 1.165) is 31.0 Å². The number of aromatic hydroxyl groups is 1. The van der Waals surface area contributed by atoms with Gasteiger partial charge in [0.1, 0.15) is 11.5 Å². The fourth-order valence-electron chi connectivity index (χ4n) is 9.79. The number of carbonyl (C=O) groups is 4. The zero-order valence-electron chi connectivity index (χ0n) is 30.8. The normalized spacial score (nSPS) is 25.8. The molecule has 2 saturated heterocycles. The van der Waals surface area contributed by atoms with E-state index in [0.29, 0.717) is 22.1 Å². The summed E-state index contributed by atoms with van der Waals surface area (Å²) in [6.07, 6.45) is 2.28. The van der Waals surface area contributed by atoms with Gasteiger partial charge in [-0.25, -0.2) is 4.90 Å². The predicted octanol–water partition coefficient (Wildman–Crippen LogP) is 5.09. The number of benzene rings is 3. The average Bonchev–Trinajstić information content (AvgIpc) is 3.84. The molecular formula is C41H36BClN4O8S. The summed E-state index contributed by atoms with van der Waals surface area (Å²) < 4.78 is 7.90. The van der Waals surface area contributed by atoms with Gasteiger partial charge in [-0.1, -0.05) is 41.4 Å². The second kappa shape index (κ2) is 12.9. The van der Waals surface area contributed by atoms with Gasteiger partial charge in [0.25, 0.3) is 0 Å². The second-order valence-corrected chi connectivity index (χ2v) is 16.8. The summed E-state index contributed by atoms with van der Waals surface area (Å²) in [4.78, 5) is 61.7. The molecule has 284 valence electrons. The highest BCUT2D eigenvalue weighted by Crippen LogP contribution is 2.64. The second-order valence-electron chi connectivity index (χ2n) is 15.3. The monoisotopic (exact) mass is 790 g/mol. The molecule has 9 rings (SSSR count). The molecular weight excluding hydrogens is 755 g/mol. The molecule has 4 heterocycles. The molecule has 5 aromatic rings. The van der Waals surface area contributed by atoms with E-state index in [-0.39, 0.29) is 35.5 Å². The van der Waals surface area contributed by atoms with Crippen LogP contribution in [0, 0.1) is 36.0 Å². The quantitative estimate of drug-likeness (QED) is 0.121. The molecule has 2 aromatic heterocycles. The molecule has 0 radical (unpaired) electrons. The Morgan fingerprint density at radius 1 is 0.964 bits per heavy atom. The van der Waals surface area contributed by atoms with Gasteiger partial charge >= 0.3 is 7.12 Å². The van der Waals surface area contributed by atoms with Gasteiger partial charge in [-0.3, -0.25) is 28.8 Å². The summed E-state index contributed by atoms with van der Waals surface area (Å²) in [5.74, 6) is -5.16. The predicted molar refractivity (Wildman–Crippen MR) is 212 cm³/mol. The number of allylic oxidation sites excluding steroid dienone is 2. The molecule has 56 heavy (non-hydrogen) atoms. The van der Waals surface area contributed by atoms with Crippen LogP contribution in [-0.4, -0.2) is 62.8 Å². The first-order valence-electron chi connectivity index (χ1n) is 18.3. The van der Waals surface area contributed by atoms with Gasteiger partial charge in [0, 0.05) is 28.8 Å². The smallest absolute Gasteiger partial charge is 0.488 e. The third kappa shape index (κ3) is 5.09. The van der Waals surface area contributed by atoms with Crippen molar-refractivity contribution in [3.8, 4) is 22.1 Å². The number of amides is 4. The molecule has 1 saturated carbocycles. The fraction of sp³-hybridized carbons (Fsp3) is 0.293. The number of hydrogen-bond donors (Lipinski definition) is 3. The Morgan fingerprint density at radius 2 is 1.75 bits per heavy atom. The lowest BCUT2D eigenvalue weighted by molar-refractivity contribution is -0.131. The van der Waals surface area contributed by atoms with Gasteiger partial charge in [0.15, 0.2) is 11.5 Å². The van der Waals surface area contributed by atoms with Crippen LogP contribution in [0.4, 0.5) is 11.5 Å². The zero-order valence-corrected chi connectivity index (χ0v) is 32.3. The fourth-order valence-corrected chi connectivity index (χ4v) is 11.1. The number of anilines is 2. The highest BCUT2D eigenvalue weighted by molar-refractivity contribution is 7.22. The third-order valence-corrected chi connectivity index (χ3v) is 14.0. The van der Waals surface area contributed by atoms with Crippen LogP contribution in [0.25, 0.3) is 20.7 Å². The minimum absolute atomic E-state index is 0.130. The summed E-state index contributed by atoms with van der Waals surface area (Å²) in [5, 5.41) is 37.0. The number of hydrogen-bond acceptors (Lipinski definition) is 10. The van der Waals surface area contributed by atoms with Crippen LogP contribution in [0.15, 0.2) is 78.4 Å². The number of ether oxygens (including phenoxy) is 1. The van der Waals surface area contributed by atoms with Gasteiger partial charge in [0.2, 0.25) is 23.6 Å². The maximum Gasteiger partial charge on any atom is 0.488 e. The number of aromatic nitrogens is 2. The molecule has 3 aromatic carbocycles. The van der Waals surface area contributed by atoms with Crippen LogP contribution in [-0.2, 0) is 26.2 Å². The van der Waals surface area contributed by atoms with Crippen molar-refractivity contribution in [2.24, 2.45) is 36.1 Å². The van der Waals surface area contributed by atoms with E-state index in [9.17, 15) is 29.5 Å². The Bertz CT molecular complexity index is 2580. The number of nitrogens with zero attached hydrogens (tertiary/aromatic N) is 4. The van der Waals surface area contributed by atoms with Crippen molar-refractivity contribution in [1.82, 2.24) is 9.78 Å². The van der Waals surface area contributed by atoms with Crippen molar-refractivity contribution >= 4 is 80.7 Å². The Labute approximate surface area is 330 Å². The first kappa shape index (κ1) is 36.4. The number of carbonyl (C=O) groups excluding carboxylic acids is 4. The van der Waals surface area contributed by atoms with E-state index >= 15 is 4.79 Å². The summed E-state index contributed by atoms with van der Waals surface area (Å²) >= 11 is 7.86. The van der Waals surface area contributed by atoms with E-state index in [1.54, 1.807) is 61.7 Å². The van der Waals surface area contributed by atoms with Crippen molar-refractivity contribution < 1.29 is 39.1 Å². The van der Waals surface area contributed by atoms with Crippen molar-refractivity contribution in [2.45, 2.75) is 32.6 Å². The van der Waals surface area contributed by atoms with Gasteiger partial charge in [-0.15, -0.1) is 11.3 Å². The highest BCUT2D eigenvalue weighted by atomic mass is 35.5. The molecule has 12 nitrogen and oxygen atoms in total. The minimum Gasteiger partial charge on any atom is -0.504 e. The number of halogens is 1. The summed E-state index contributed by atoms with van der Waals surface area (Å²) in [5.41, 5.74) is 1.90. The van der Waals surface area contributed by atoms with E-state index < -0.39 is 65.8 Å². The number of thiophene rings is 1.